The minimum atomic E-state index is -1.48. The third kappa shape index (κ3) is 2.30. The SMILES string of the molecule is CC1=NN(C(=O)c2ccncc2)[C@](O)(c2ccncc2)C1. The molecule has 6 heteroatoms. The van der Waals surface area contributed by atoms with E-state index in [-0.39, 0.29) is 12.3 Å². The molecule has 0 fully saturated rings. The monoisotopic (exact) mass is 282 g/mol. The third-order valence-electron chi connectivity index (χ3n) is 3.39. The first-order valence-corrected chi connectivity index (χ1v) is 6.53. The second-order valence-corrected chi connectivity index (χ2v) is 4.92. The number of aromatic nitrogens is 2. The van der Waals surface area contributed by atoms with E-state index < -0.39 is 5.72 Å². The van der Waals surface area contributed by atoms with E-state index in [1.54, 1.807) is 43.6 Å². The normalized spacial score (nSPS) is 21.2. The van der Waals surface area contributed by atoms with E-state index in [9.17, 15) is 9.90 Å². The molecule has 1 atom stereocenters. The molecule has 2 aromatic heterocycles. The number of hydrazone groups is 1. The van der Waals surface area contributed by atoms with Crippen LogP contribution in [0.15, 0.2) is 54.2 Å². The highest BCUT2D eigenvalue weighted by molar-refractivity contribution is 5.97. The molecular weight excluding hydrogens is 268 g/mol. The molecular formula is C15H14N4O2. The second kappa shape index (κ2) is 5.06. The van der Waals surface area contributed by atoms with Crippen LogP contribution >= 0.6 is 0 Å². The van der Waals surface area contributed by atoms with Crippen LogP contribution in [0, 0.1) is 0 Å². The molecule has 1 aliphatic heterocycles. The fourth-order valence-electron chi connectivity index (χ4n) is 2.39. The Morgan fingerprint density at radius 2 is 1.71 bits per heavy atom. The largest absolute Gasteiger partial charge is 0.365 e. The fraction of sp³-hybridized carbons (Fsp3) is 0.200. The lowest BCUT2D eigenvalue weighted by atomic mass is 9.98. The summed E-state index contributed by atoms with van der Waals surface area (Å²) in [4.78, 5) is 20.4. The minimum absolute atomic E-state index is 0.272. The average molecular weight is 282 g/mol. The molecule has 1 N–H and O–H groups in total. The van der Waals surface area contributed by atoms with Gasteiger partial charge in [-0.3, -0.25) is 14.8 Å². The van der Waals surface area contributed by atoms with Crippen molar-refractivity contribution < 1.29 is 9.90 Å². The predicted molar refractivity (Wildman–Crippen MR) is 76.3 cm³/mol. The minimum Gasteiger partial charge on any atom is -0.365 e. The van der Waals surface area contributed by atoms with Crippen molar-refractivity contribution in [3.63, 3.8) is 0 Å². The highest BCUT2D eigenvalue weighted by Crippen LogP contribution is 2.35. The Kier molecular flexibility index (Phi) is 3.23. The highest BCUT2D eigenvalue weighted by Gasteiger charge is 2.45. The van der Waals surface area contributed by atoms with Crippen LogP contribution in [0.5, 0.6) is 0 Å². The van der Waals surface area contributed by atoms with Gasteiger partial charge in [0.15, 0.2) is 5.72 Å². The topological polar surface area (TPSA) is 78.7 Å². The zero-order valence-electron chi connectivity index (χ0n) is 11.5. The summed E-state index contributed by atoms with van der Waals surface area (Å²) in [6.07, 6.45) is 6.50. The van der Waals surface area contributed by atoms with Gasteiger partial charge in [0, 0.05) is 48.0 Å². The summed E-state index contributed by atoms with van der Waals surface area (Å²) in [6, 6.07) is 6.55. The Bertz CT molecular complexity index is 687. The summed E-state index contributed by atoms with van der Waals surface area (Å²) in [5.41, 5.74) is 0.223. The van der Waals surface area contributed by atoms with Crippen molar-refractivity contribution in [2.45, 2.75) is 19.1 Å². The number of aliphatic hydroxyl groups is 1. The van der Waals surface area contributed by atoms with E-state index in [1.807, 2.05) is 0 Å². The van der Waals surface area contributed by atoms with Crippen LogP contribution in [-0.2, 0) is 5.72 Å². The summed E-state index contributed by atoms with van der Waals surface area (Å²) in [5, 5.41) is 16.3. The molecule has 1 amide bonds. The summed E-state index contributed by atoms with van der Waals surface area (Å²) in [6.45, 7) is 1.78. The van der Waals surface area contributed by atoms with Crippen LogP contribution < -0.4 is 0 Å². The Morgan fingerprint density at radius 1 is 1.14 bits per heavy atom. The lowest BCUT2D eigenvalue weighted by molar-refractivity contribution is -0.0765. The fourth-order valence-corrected chi connectivity index (χ4v) is 2.39. The summed E-state index contributed by atoms with van der Waals surface area (Å²) in [7, 11) is 0. The van der Waals surface area contributed by atoms with Gasteiger partial charge in [-0.05, 0) is 31.2 Å². The van der Waals surface area contributed by atoms with E-state index >= 15 is 0 Å². The zero-order chi connectivity index (χ0) is 14.9. The van der Waals surface area contributed by atoms with E-state index in [2.05, 4.69) is 15.1 Å². The van der Waals surface area contributed by atoms with Crippen molar-refractivity contribution in [2.24, 2.45) is 5.10 Å². The predicted octanol–water partition coefficient (Wildman–Crippen LogP) is 1.54. The van der Waals surface area contributed by atoms with Gasteiger partial charge in [-0.2, -0.15) is 10.1 Å². The maximum atomic E-state index is 12.6. The lowest BCUT2D eigenvalue weighted by Gasteiger charge is -2.31. The molecule has 106 valence electrons. The maximum absolute atomic E-state index is 12.6. The van der Waals surface area contributed by atoms with Gasteiger partial charge >= 0.3 is 0 Å². The number of carbonyl (C=O) groups is 1. The molecule has 2 aromatic rings. The molecule has 0 spiro atoms. The smallest absolute Gasteiger partial charge is 0.277 e. The molecule has 0 saturated carbocycles. The van der Waals surface area contributed by atoms with E-state index in [4.69, 9.17) is 0 Å². The van der Waals surface area contributed by atoms with Crippen molar-refractivity contribution in [2.75, 3.05) is 0 Å². The van der Waals surface area contributed by atoms with Gasteiger partial charge < -0.3 is 5.11 Å². The number of amides is 1. The Morgan fingerprint density at radius 3 is 2.33 bits per heavy atom. The lowest BCUT2D eigenvalue weighted by Crippen LogP contribution is -2.43. The van der Waals surface area contributed by atoms with Crippen LogP contribution in [-0.4, -0.2) is 31.7 Å². The van der Waals surface area contributed by atoms with Crippen molar-refractivity contribution in [3.8, 4) is 0 Å². The molecule has 3 heterocycles. The van der Waals surface area contributed by atoms with Crippen molar-refractivity contribution >= 4 is 11.6 Å². The van der Waals surface area contributed by atoms with Crippen molar-refractivity contribution in [3.05, 3.63) is 60.2 Å². The molecule has 0 saturated heterocycles. The standard InChI is InChI=1S/C15H14N4O2/c1-11-10-15(21,13-4-8-17-9-5-13)19(18-11)14(20)12-2-6-16-7-3-12/h2-9,21H,10H2,1H3/t15-/m1/s1. The zero-order valence-corrected chi connectivity index (χ0v) is 11.5. The number of hydrogen-bond acceptors (Lipinski definition) is 5. The molecule has 6 nitrogen and oxygen atoms in total. The molecule has 1 aliphatic rings. The number of carbonyl (C=O) groups excluding carboxylic acids is 1. The maximum Gasteiger partial charge on any atom is 0.277 e. The Balaban J connectivity index is 2.01. The van der Waals surface area contributed by atoms with Crippen molar-refractivity contribution in [1.29, 1.82) is 0 Å². The van der Waals surface area contributed by atoms with Crippen LogP contribution in [0.25, 0.3) is 0 Å². The van der Waals surface area contributed by atoms with E-state index in [0.29, 0.717) is 16.8 Å². The number of hydrogen-bond donors (Lipinski definition) is 1. The van der Waals surface area contributed by atoms with Gasteiger partial charge in [0.05, 0.1) is 0 Å². The van der Waals surface area contributed by atoms with Crippen LogP contribution in [0.2, 0.25) is 0 Å². The molecule has 0 aromatic carbocycles. The van der Waals surface area contributed by atoms with E-state index in [0.717, 1.165) is 5.01 Å². The van der Waals surface area contributed by atoms with Crippen molar-refractivity contribution in [1.82, 2.24) is 15.0 Å². The van der Waals surface area contributed by atoms with Gasteiger partial charge in [0.25, 0.3) is 5.91 Å². The molecule has 21 heavy (non-hydrogen) atoms. The third-order valence-corrected chi connectivity index (χ3v) is 3.39. The average Bonchev–Trinajstić information content (AvgIpc) is 2.84. The van der Waals surface area contributed by atoms with Gasteiger partial charge in [0.1, 0.15) is 0 Å². The quantitative estimate of drug-likeness (QED) is 0.906. The molecule has 0 aliphatic carbocycles. The Hall–Kier alpha value is -2.60. The van der Waals surface area contributed by atoms with Crippen LogP contribution in [0.1, 0.15) is 29.3 Å². The summed E-state index contributed by atoms with van der Waals surface area (Å²) < 4.78 is 0. The molecule has 0 radical (unpaired) electrons. The first-order chi connectivity index (χ1) is 10.1. The first-order valence-electron chi connectivity index (χ1n) is 6.53. The van der Waals surface area contributed by atoms with Gasteiger partial charge in [-0.1, -0.05) is 0 Å². The van der Waals surface area contributed by atoms with Crippen LogP contribution in [0.3, 0.4) is 0 Å². The van der Waals surface area contributed by atoms with Gasteiger partial charge in [-0.25, -0.2) is 0 Å². The number of nitrogens with zero attached hydrogens (tertiary/aromatic N) is 4. The summed E-state index contributed by atoms with van der Waals surface area (Å²) >= 11 is 0. The van der Waals surface area contributed by atoms with Crippen LogP contribution in [0.4, 0.5) is 0 Å². The first kappa shape index (κ1) is 13.4. The second-order valence-electron chi connectivity index (χ2n) is 4.92. The summed E-state index contributed by atoms with van der Waals surface area (Å²) in [5.74, 6) is -0.367. The number of pyridine rings is 2. The van der Waals surface area contributed by atoms with E-state index in [1.165, 1.54) is 12.4 Å². The molecule has 3 rings (SSSR count). The van der Waals surface area contributed by atoms with Gasteiger partial charge in [-0.15, -0.1) is 0 Å². The highest BCUT2D eigenvalue weighted by atomic mass is 16.3. The van der Waals surface area contributed by atoms with Gasteiger partial charge in [0.2, 0.25) is 0 Å². The Labute approximate surface area is 121 Å². The molecule has 0 unspecified atom stereocenters. The molecule has 0 bridgehead atoms. The number of rotatable bonds is 2.